The molecule has 22 heavy (non-hydrogen) atoms. The number of hydrogen-bond donors (Lipinski definition) is 2. The molecule has 0 aliphatic rings. The zero-order valence-corrected chi connectivity index (χ0v) is 11.4. The summed E-state index contributed by atoms with van der Waals surface area (Å²) >= 11 is 0. The SMILES string of the molecule is CC(=O)OC(C)=O.O=C(O)c1cccc([N+](=O)[O-])c1C(=O)O. The van der Waals surface area contributed by atoms with Crippen LogP contribution in [0.2, 0.25) is 0 Å². The summed E-state index contributed by atoms with van der Waals surface area (Å²) < 4.78 is 3.97. The van der Waals surface area contributed by atoms with Crippen molar-refractivity contribution < 1.29 is 39.1 Å². The standard InChI is InChI=1S/C8H5NO6.C4H6O3/c10-7(11)4-2-1-3-5(9(14)15)6(4)8(12)13;1-3(5)7-4(2)6/h1-3H,(H,10,11)(H,12,13);1-2H3. The van der Waals surface area contributed by atoms with Crippen LogP contribution in [-0.2, 0) is 14.3 Å². The number of carboxylic acid groups (broad SMARTS) is 2. The van der Waals surface area contributed by atoms with Crippen LogP contribution in [0.4, 0.5) is 5.69 Å². The smallest absolute Gasteiger partial charge is 0.343 e. The monoisotopic (exact) mass is 313 g/mol. The fourth-order valence-corrected chi connectivity index (χ4v) is 1.30. The van der Waals surface area contributed by atoms with Gasteiger partial charge in [0.2, 0.25) is 0 Å². The minimum atomic E-state index is -1.64. The molecule has 0 saturated heterocycles. The normalized spacial score (nSPS) is 9.00. The largest absolute Gasteiger partial charge is 0.478 e. The molecule has 1 aromatic carbocycles. The minimum Gasteiger partial charge on any atom is -0.478 e. The number of nitro groups is 1. The second-order valence-electron chi connectivity index (χ2n) is 3.65. The van der Waals surface area contributed by atoms with Gasteiger partial charge >= 0.3 is 23.9 Å². The zero-order chi connectivity index (χ0) is 17.4. The van der Waals surface area contributed by atoms with E-state index < -0.39 is 45.6 Å². The van der Waals surface area contributed by atoms with E-state index in [-0.39, 0.29) is 0 Å². The Labute approximate surface area is 123 Å². The molecule has 118 valence electrons. The third-order valence-corrected chi connectivity index (χ3v) is 1.97. The highest BCUT2D eigenvalue weighted by atomic mass is 16.6. The second kappa shape index (κ2) is 8.09. The number of carbonyl (C=O) groups excluding carboxylic acids is 2. The lowest BCUT2D eigenvalue weighted by Gasteiger charge is -2.01. The number of esters is 2. The molecule has 0 saturated carbocycles. The maximum absolute atomic E-state index is 10.7. The predicted octanol–water partition coefficient (Wildman–Crippen LogP) is 1.09. The highest BCUT2D eigenvalue weighted by molar-refractivity contribution is 6.04. The summed E-state index contributed by atoms with van der Waals surface area (Å²) in [5.74, 6) is -4.28. The number of carbonyl (C=O) groups is 4. The van der Waals surface area contributed by atoms with E-state index >= 15 is 0 Å². The summed E-state index contributed by atoms with van der Waals surface area (Å²) in [6, 6.07) is 3.06. The Kier molecular flexibility index (Phi) is 6.88. The summed E-state index contributed by atoms with van der Waals surface area (Å²) in [7, 11) is 0. The van der Waals surface area contributed by atoms with Crippen molar-refractivity contribution in [2.24, 2.45) is 0 Å². The Morgan fingerprint density at radius 3 is 1.82 bits per heavy atom. The van der Waals surface area contributed by atoms with E-state index in [0.29, 0.717) is 0 Å². The van der Waals surface area contributed by atoms with Crippen LogP contribution >= 0.6 is 0 Å². The fourth-order valence-electron chi connectivity index (χ4n) is 1.30. The average molecular weight is 313 g/mol. The van der Waals surface area contributed by atoms with E-state index in [1.807, 2.05) is 0 Å². The quantitative estimate of drug-likeness (QED) is 0.360. The number of hydrogen-bond acceptors (Lipinski definition) is 7. The van der Waals surface area contributed by atoms with E-state index in [0.717, 1.165) is 18.2 Å². The van der Waals surface area contributed by atoms with Gasteiger partial charge in [0.05, 0.1) is 10.5 Å². The molecule has 0 spiro atoms. The summed E-state index contributed by atoms with van der Waals surface area (Å²) in [5, 5.41) is 27.8. The van der Waals surface area contributed by atoms with Crippen LogP contribution in [0.3, 0.4) is 0 Å². The first-order valence-corrected chi connectivity index (χ1v) is 5.50. The molecule has 0 aromatic heterocycles. The number of benzene rings is 1. The van der Waals surface area contributed by atoms with Gasteiger partial charge in [0.15, 0.2) is 5.56 Å². The van der Waals surface area contributed by atoms with Crippen LogP contribution in [0.5, 0.6) is 0 Å². The van der Waals surface area contributed by atoms with Crippen molar-refractivity contribution in [3.63, 3.8) is 0 Å². The van der Waals surface area contributed by atoms with Crippen molar-refractivity contribution in [2.45, 2.75) is 13.8 Å². The Balaban J connectivity index is 0.000000534. The molecule has 0 bridgehead atoms. The molecule has 0 amide bonds. The van der Waals surface area contributed by atoms with Crippen molar-refractivity contribution in [1.29, 1.82) is 0 Å². The minimum absolute atomic E-state index is 0.562. The van der Waals surface area contributed by atoms with E-state index in [2.05, 4.69) is 4.74 Å². The molecule has 0 radical (unpaired) electrons. The molecule has 0 fully saturated rings. The van der Waals surface area contributed by atoms with Crippen LogP contribution < -0.4 is 0 Å². The fraction of sp³-hybridized carbons (Fsp3) is 0.167. The van der Waals surface area contributed by atoms with Crippen LogP contribution in [0.1, 0.15) is 34.6 Å². The topological polar surface area (TPSA) is 161 Å². The molecular formula is C12H11NO9. The number of rotatable bonds is 3. The molecule has 10 nitrogen and oxygen atoms in total. The third-order valence-electron chi connectivity index (χ3n) is 1.97. The van der Waals surface area contributed by atoms with Crippen molar-refractivity contribution >= 4 is 29.6 Å². The second-order valence-corrected chi connectivity index (χ2v) is 3.65. The van der Waals surface area contributed by atoms with Gasteiger partial charge in [-0.15, -0.1) is 0 Å². The molecular weight excluding hydrogens is 302 g/mol. The van der Waals surface area contributed by atoms with Crippen molar-refractivity contribution in [3.05, 3.63) is 39.4 Å². The zero-order valence-electron chi connectivity index (χ0n) is 11.4. The maximum Gasteiger partial charge on any atom is 0.343 e. The van der Waals surface area contributed by atoms with E-state index in [9.17, 15) is 29.3 Å². The van der Waals surface area contributed by atoms with Gasteiger partial charge in [0.1, 0.15) is 0 Å². The lowest BCUT2D eigenvalue weighted by atomic mass is 10.1. The Hall–Kier alpha value is -3.30. The molecule has 2 N–H and O–H groups in total. The first-order valence-electron chi connectivity index (χ1n) is 5.50. The van der Waals surface area contributed by atoms with E-state index in [1.54, 1.807) is 0 Å². The van der Waals surface area contributed by atoms with Gasteiger partial charge in [-0.25, -0.2) is 9.59 Å². The van der Waals surface area contributed by atoms with E-state index in [4.69, 9.17) is 10.2 Å². The highest BCUT2D eigenvalue weighted by Gasteiger charge is 2.26. The molecule has 1 rings (SSSR count). The summed E-state index contributed by atoms with van der Waals surface area (Å²) in [4.78, 5) is 50.4. The third kappa shape index (κ3) is 5.77. The van der Waals surface area contributed by atoms with Gasteiger partial charge in [-0.2, -0.15) is 0 Å². The summed E-state index contributed by atoms with van der Waals surface area (Å²) in [6.45, 7) is 2.36. The van der Waals surface area contributed by atoms with E-state index in [1.165, 1.54) is 13.8 Å². The average Bonchev–Trinajstić information content (AvgIpc) is 2.36. The molecule has 0 unspecified atom stereocenters. The number of ether oxygens (including phenoxy) is 1. The predicted molar refractivity (Wildman–Crippen MR) is 69.5 cm³/mol. The number of nitro benzene ring substituents is 1. The van der Waals surface area contributed by atoms with Gasteiger partial charge in [-0.3, -0.25) is 19.7 Å². The molecule has 0 heterocycles. The molecule has 0 aliphatic carbocycles. The molecule has 1 aromatic rings. The number of aromatic carboxylic acids is 2. The first kappa shape index (κ1) is 18.7. The Morgan fingerprint density at radius 1 is 1.05 bits per heavy atom. The van der Waals surface area contributed by atoms with Gasteiger partial charge in [-0.1, -0.05) is 6.07 Å². The Morgan fingerprint density at radius 2 is 1.55 bits per heavy atom. The van der Waals surface area contributed by atoms with Gasteiger partial charge in [0, 0.05) is 19.9 Å². The van der Waals surface area contributed by atoms with Gasteiger partial charge in [-0.05, 0) is 6.07 Å². The maximum atomic E-state index is 10.7. The van der Waals surface area contributed by atoms with Crippen molar-refractivity contribution in [2.75, 3.05) is 0 Å². The van der Waals surface area contributed by atoms with Crippen molar-refractivity contribution in [1.82, 2.24) is 0 Å². The van der Waals surface area contributed by atoms with Crippen LogP contribution in [0.15, 0.2) is 18.2 Å². The van der Waals surface area contributed by atoms with Crippen LogP contribution in [0, 0.1) is 10.1 Å². The lowest BCUT2D eigenvalue weighted by Crippen LogP contribution is -2.10. The number of nitrogens with zero attached hydrogens (tertiary/aromatic N) is 1. The van der Waals surface area contributed by atoms with Gasteiger partial charge in [0.25, 0.3) is 5.69 Å². The highest BCUT2D eigenvalue weighted by Crippen LogP contribution is 2.22. The molecule has 10 heteroatoms. The van der Waals surface area contributed by atoms with Crippen molar-refractivity contribution in [3.8, 4) is 0 Å². The van der Waals surface area contributed by atoms with Crippen LogP contribution in [0.25, 0.3) is 0 Å². The number of carboxylic acids is 2. The first-order chi connectivity index (χ1) is 10.1. The molecule has 0 atom stereocenters. The Bertz CT molecular complexity index is 591. The molecule has 0 aliphatic heterocycles. The van der Waals surface area contributed by atoms with Crippen LogP contribution in [-0.4, -0.2) is 39.0 Å². The van der Waals surface area contributed by atoms with Gasteiger partial charge < -0.3 is 14.9 Å². The lowest BCUT2D eigenvalue weighted by molar-refractivity contribution is -0.385. The summed E-state index contributed by atoms with van der Waals surface area (Å²) in [6.07, 6.45) is 0. The summed E-state index contributed by atoms with van der Waals surface area (Å²) in [5.41, 5.74) is -2.14.